The van der Waals surface area contributed by atoms with Gasteiger partial charge in [-0.25, -0.2) is 9.37 Å². The van der Waals surface area contributed by atoms with Gasteiger partial charge >= 0.3 is 0 Å². The van der Waals surface area contributed by atoms with Crippen LogP contribution in [0.5, 0.6) is 17.4 Å². The number of benzene rings is 1. The zero-order chi connectivity index (χ0) is 14.5. The minimum Gasteiger partial charge on any atom is -0.482 e. The average Bonchev–Trinajstić information content (AvgIpc) is 2.44. The molecule has 0 spiro atoms. The summed E-state index contributed by atoms with van der Waals surface area (Å²) in [6.45, 7) is 1.57. The largest absolute Gasteiger partial charge is 0.482 e. The van der Waals surface area contributed by atoms with E-state index in [2.05, 4.69) is 4.98 Å². The monoisotopic (exact) mass is 294 g/mol. The maximum Gasteiger partial charge on any atom is 0.255 e. The minimum absolute atomic E-state index is 0.169. The Hall–Kier alpha value is -2.14. The minimum atomic E-state index is -0.655. The van der Waals surface area contributed by atoms with Gasteiger partial charge in [-0.1, -0.05) is 11.6 Å². The lowest BCUT2D eigenvalue weighted by Gasteiger charge is -2.09. The maximum atomic E-state index is 13.5. The number of ether oxygens (including phenoxy) is 2. The van der Waals surface area contributed by atoms with Crippen molar-refractivity contribution in [3.05, 3.63) is 47.4 Å². The molecule has 2 rings (SSSR count). The van der Waals surface area contributed by atoms with Gasteiger partial charge in [0.05, 0.1) is 5.02 Å². The Balaban J connectivity index is 2.08. The lowest BCUT2D eigenvalue weighted by atomic mass is 10.3. The standard InChI is InChI=1S/C14H10ClFNO3/c1-9(8-18)19-11-2-4-12(5-3-11)20-14-13(16)6-10(15)7-17-14/h2-7,9H,1H3. The number of carbonyl (C=O) groups excluding carboxylic acids is 1. The van der Waals surface area contributed by atoms with Crippen LogP contribution in [-0.4, -0.2) is 17.4 Å². The topological polar surface area (TPSA) is 48.4 Å². The zero-order valence-corrected chi connectivity index (χ0v) is 11.2. The molecular formula is C14H10ClFNO3. The molecule has 0 bridgehead atoms. The summed E-state index contributed by atoms with van der Waals surface area (Å²) in [6.07, 6.45) is 2.34. The molecule has 0 aliphatic heterocycles. The molecular weight excluding hydrogens is 285 g/mol. The maximum absolute atomic E-state index is 13.5. The fourth-order valence-electron chi connectivity index (χ4n) is 1.40. The molecule has 0 aliphatic rings. The molecule has 103 valence electrons. The van der Waals surface area contributed by atoms with Crippen LogP contribution in [0.25, 0.3) is 0 Å². The number of aromatic nitrogens is 1. The van der Waals surface area contributed by atoms with E-state index in [4.69, 9.17) is 21.1 Å². The first-order chi connectivity index (χ1) is 9.58. The normalized spacial score (nSPS) is 11.8. The van der Waals surface area contributed by atoms with Gasteiger partial charge in [0.1, 0.15) is 11.5 Å². The van der Waals surface area contributed by atoms with E-state index in [1.54, 1.807) is 37.5 Å². The van der Waals surface area contributed by atoms with Gasteiger partial charge in [-0.15, -0.1) is 0 Å². The third-order valence-corrected chi connectivity index (χ3v) is 2.50. The van der Waals surface area contributed by atoms with Crippen LogP contribution in [-0.2, 0) is 4.79 Å². The second kappa shape index (κ2) is 6.34. The van der Waals surface area contributed by atoms with E-state index in [1.165, 1.54) is 6.20 Å². The van der Waals surface area contributed by atoms with E-state index >= 15 is 0 Å². The molecule has 1 unspecified atom stereocenters. The number of hydrogen-bond acceptors (Lipinski definition) is 4. The second-order valence-corrected chi connectivity index (χ2v) is 4.33. The Morgan fingerprint density at radius 2 is 1.95 bits per heavy atom. The van der Waals surface area contributed by atoms with Gasteiger partial charge in [0.15, 0.2) is 11.9 Å². The Labute approximate surface area is 120 Å². The highest BCUT2D eigenvalue weighted by Crippen LogP contribution is 2.25. The predicted molar refractivity (Wildman–Crippen MR) is 71.5 cm³/mol. The molecule has 1 aromatic carbocycles. The van der Waals surface area contributed by atoms with Crippen LogP contribution in [0.2, 0.25) is 5.02 Å². The summed E-state index contributed by atoms with van der Waals surface area (Å²) in [5.41, 5.74) is 0. The van der Waals surface area contributed by atoms with Crippen LogP contribution in [0.1, 0.15) is 6.92 Å². The molecule has 0 fully saturated rings. The molecule has 4 nitrogen and oxygen atoms in total. The van der Waals surface area contributed by atoms with Crippen molar-refractivity contribution in [2.24, 2.45) is 0 Å². The zero-order valence-electron chi connectivity index (χ0n) is 10.5. The summed E-state index contributed by atoms with van der Waals surface area (Å²) in [5, 5.41) is 0.192. The summed E-state index contributed by atoms with van der Waals surface area (Å²) < 4.78 is 24.0. The van der Waals surface area contributed by atoms with E-state index in [-0.39, 0.29) is 10.9 Å². The van der Waals surface area contributed by atoms with Crippen molar-refractivity contribution in [3.63, 3.8) is 0 Å². The van der Waals surface area contributed by atoms with Crippen molar-refractivity contribution in [2.45, 2.75) is 13.0 Å². The van der Waals surface area contributed by atoms with E-state index < -0.39 is 11.9 Å². The second-order valence-electron chi connectivity index (χ2n) is 3.89. The quantitative estimate of drug-likeness (QED) is 0.846. The molecule has 0 N–H and O–H groups in total. The highest BCUT2D eigenvalue weighted by Gasteiger charge is 2.08. The average molecular weight is 295 g/mol. The molecule has 6 heteroatoms. The van der Waals surface area contributed by atoms with Crippen molar-refractivity contribution < 1.29 is 18.7 Å². The van der Waals surface area contributed by atoms with Crippen molar-refractivity contribution >= 4 is 17.9 Å². The molecule has 0 saturated carbocycles. The predicted octanol–water partition coefficient (Wildman–Crippen LogP) is 3.54. The molecule has 0 saturated heterocycles. The molecule has 0 aliphatic carbocycles. The van der Waals surface area contributed by atoms with Crippen LogP contribution >= 0.6 is 11.6 Å². The molecule has 1 heterocycles. The van der Waals surface area contributed by atoms with Gasteiger partial charge in [-0.2, -0.15) is 0 Å². The summed E-state index contributed by atoms with van der Waals surface area (Å²) in [5.74, 6) is 0.0474. The van der Waals surface area contributed by atoms with Crippen LogP contribution < -0.4 is 9.47 Å². The molecule has 20 heavy (non-hydrogen) atoms. The van der Waals surface area contributed by atoms with Gasteiger partial charge in [0, 0.05) is 6.20 Å². The lowest BCUT2D eigenvalue weighted by molar-refractivity contribution is 0.278. The lowest BCUT2D eigenvalue weighted by Crippen LogP contribution is -2.12. The van der Waals surface area contributed by atoms with E-state index in [0.717, 1.165) is 6.07 Å². The van der Waals surface area contributed by atoms with Crippen LogP contribution in [0.15, 0.2) is 36.5 Å². The van der Waals surface area contributed by atoms with Crippen LogP contribution in [0.4, 0.5) is 4.39 Å². The number of halogens is 2. The number of hydrogen-bond donors (Lipinski definition) is 0. The highest BCUT2D eigenvalue weighted by atomic mass is 35.5. The number of pyridine rings is 1. The fraction of sp³-hybridized carbons (Fsp3) is 0.143. The first-order valence-electron chi connectivity index (χ1n) is 5.72. The Kier molecular flexibility index (Phi) is 4.53. The van der Waals surface area contributed by atoms with Crippen molar-refractivity contribution in [2.75, 3.05) is 0 Å². The Bertz CT molecular complexity index is 604. The van der Waals surface area contributed by atoms with Gasteiger partial charge in [-0.05, 0) is 37.3 Å². The number of rotatable bonds is 5. The summed E-state index contributed by atoms with van der Waals surface area (Å²) in [7, 11) is 0. The van der Waals surface area contributed by atoms with Crippen molar-refractivity contribution in [1.82, 2.24) is 4.98 Å². The van der Waals surface area contributed by atoms with E-state index in [9.17, 15) is 9.18 Å². The molecule has 1 atom stereocenters. The molecule has 2 aromatic rings. The Morgan fingerprint density at radius 3 is 2.55 bits per heavy atom. The fourth-order valence-corrected chi connectivity index (χ4v) is 1.55. The Morgan fingerprint density at radius 1 is 1.30 bits per heavy atom. The highest BCUT2D eigenvalue weighted by molar-refractivity contribution is 6.30. The van der Waals surface area contributed by atoms with E-state index in [0.29, 0.717) is 11.5 Å². The van der Waals surface area contributed by atoms with Gasteiger partial charge < -0.3 is 9.47 Å². The van der Waals surface area contributed by atoms with Gasteiger partial charge in [0.2, 0.25) is 6.29 Å². The van der Waals surface area contributed by atoms with Crippen LogP contribution in [0.3, 0.4) is 0 Å². The summed E-state index contributed by atoms with van der Waals surface area (Å²) in [6, 6.07) is 7.45. The SMILES string of the molecule is CC([C]=O)Oc1ccc(Oc2ncc(Cl)cc2F)cc1. The van der Waals surface area contributed by atoms with Gasteiger partial charge in [0.25, 0.3) is 5.88 Å². The smallest absolute Gasteiger partial charge is 0.255 e. The first kappa shape index (κ1) is 14.3. The molecule has 1 aromatic heterocycles. The van der Waals surface area contributed by atoms with Crippen molar-refractivity contribution in [3.8, 4) is 17.4 Å². The third kappa shape index (κ3) is 3.68. The van der Waals surface area contributed by atoms with Crippen molar-refractivity contribution in [1.29, 1.82) is 0 Å². The third-order valence-electron chi connectivity index (χ3n) is 2.29. The number of nitrogens with zero attached hydrogens (tertiary/aromatic N) is 1. The van der Waals surface area contributed by atoms with E-state index in [1.807, 2.05) is 0 Å². The molecule has 0 amide bonds. The van der Waals surface area contributed by atoms with Crippen LogP contribution in [0, 0.1) is 5.82 Å². The summed E-state index contributed by atoms with van der Waals surface area (Å²) in [4.78, 5) is 14.1. The molecule has 1 radical (unpaired) electrons. The first-order valence-corrected chi connectivity index (χ1v) is 6.09. The summed E-state index contributed by atoms with van der Waals surface area (Å²) >= 11 is 5.60. The van der Waals surface area contributed by atoms with Gasteiger partial charge in [-0.3, -0.25) is 4.79 Å².